The van der Waals surface area contributed by atoms with Gasteiger partial charge in [0, 0.05) is 16.3 Å². The molecule has 0 spiro atoms. The normalized spacial score (nSPS) is 12.5. The molecule has 0 N–H and O–H groups in total. The molecule has 0 amide bonds. The van der Waals surface area contributed by atoms with Crippen molar-refractivity contribution in [2.24, 2.45) is 0 Å². The van der Waals surface area contributed by atoms with Crippen LogP contribution in [0.2, 0.25) is 0 Å². The van der Waals surface area contributed by atoms with Gasteiger partial charge in [0.15, 0.2) is 8.07 Å². The minimum absolute atomic E-state index is 1.16. The Kier molecular flexibility index (Phi) is 9.59. The van der Waals surface area contributed by atoms with Crippen LogP contribution in [0, 0.1) is 0 Å². The van der Waals surface area contributed by atoms with Gasteiger partial charge in [0.2, 0.25) is 0 Å². The lowest BCUT2D eigenvalue weighted by molar-refractivity contribution is 1.18. The zero-order valence-electron chi connectivity index (χ0n) is 37.4. The van der Waals surface area contributed by atoms with Gasteiger partial charge in [-0.2, -0.15) is 0 Å². The molecule has 13 rings (SSSR count). The Balaban J connectivity index is 1.03. The van der Waals surface area contributed by atoms with E-state index < -0.39 is 8.07 Å². The number of hydrogen-bond acceptors (Lipinski definition) is 0. The van der Waals surface area contributed by atoms with Crippen LogP contribution in [0.5, 0.6) is 0 Å². The zero-order valence-corrected chi connectivity index (χ0v) is 38.4. The quantitative estimate of drug-likeness (QED) is 0.134. The zero-order chi connectivity index (χ0) is 45.0. The Labute approximate surface area is 398 Å². The Morgan fingerprint density at radius 1 is 0.235 bits per heavy atom. The van der Waals surface area contributed by atoms with Crippen LogP contribution >= 0.6 is 0 Å². The molecule has 0 aliphatic carbocycles. The van der Waals surface area contributed by atoms with Gasteiger partial charge in [-0.1, -0.05) is 237 Å². The second-order valence-electron chi connectivity index (χ2n) is 17.9. The first-order valence-corrected chi connectivity index (χ1v) is 25.6. The molecule has 1 aromatic heterocycles. The van der Waals surface area contributed by atoms with Crippen molar-refractivity contribution < 1.29 is 0 Å². The average Bonchev–Trinajstić information content (AvgIpc) is 3.91. The standard InChI is InChI=1S/C66H45NSi/c1-5-21-46(22-6-1)53-29-13-15-31-55(53)48-37-40-63-59(43-48)60-44-49(56-32-16-14-30-54(56)47-23-7-2-8-24-47)38-41-64(60)67(63)62-35-19-17-33-57(62)50-39-42-66-61(45-50)58-34-18-20-36-65(58)68(66,51-25-9-3-10-26-51)52-27-11-4-12-28-52/h1-45H. The number of rotatable bonds is 8. The summed E-state index contributed by atoms with van der Waals surface area (Å²) in [6.07, 6.45) is 0. The van der Waals surface area contributed by atoms with E-state index in [9.17, 15) is 0 Å². The maximum atomic E-state index is 2.51. The maximum absolute atomic E-state index is 2.61. The van der Waals surface area contributed by atoms with Gasteiger partial charge in [-0.3, -0.25) is 0 Å². The van der Waals surface area contributed by atoms with Gasteiger partial charge in [0.25, 0.3) is 0 Å². The molecule has 0 fully saturated rings. The summed E-state index contributed by atoms with van der Waals surface area (Å²) in [5.74, 6) is 0. The number of para-hydroxylation sites is 1. The molecule has 0 unspecified atom stereocenters. The van der Waals surface area contributed by atoms with Gasteiger partial charge in [-0.05, 0) is 118 Å². The van der Waals surface area contributed by atoms with Crippen LogP contribution in [0.25, 0.3) is 94.3 Å². The Morgan fingerprint density at radius 2 is 0.603 bits per heavy atom. The fourth-order valence-electron chi connectivity index (χ4n) is 11.4. The number of hydrogen-bond donors (Lipinski definition) is 0. The summed E-state index contributed by atoms with van der Waals surface area (Å²) in [5, 5.41) is 8.16. The van der Waals surface area contributed by atoms with Crippen LogP contribution in [-0.4, -0.2) is 12.6 Å². The fraction of sp³-hybridized carbons (Fsp3) is 0. The SMILES string of the molecule is c1ccc(-c2ccccc2-c2ccc3c(c2)c2cc(-c4ccccc4-c4ccccc4)ccc2n3-c2ccccc2-c2ccc3c(c2)-c2ccccc2[Si]3(c2ccccc2)c2ccccc2)cc1. The van der Waals surface area contributed by atoms with E-state index in [0.29, 0.717) is 0 Å². The van der Waals surface area contributed by atoms with E-state index in [-0.39, 0.29) is 0 Å². The monoisotopic (exact) mass is 879 g/mol. The minimum atomic E-state index is -2.61. The van der Waals surface area contributed by atoms with E-state index in [1.165, 1.54) is 109 Å². The lowest BCUT2D eigenvalue weighted by Crippen LogP contribution is -2.72. The molecule has 68 heavy (non-hydrogen) atoms. The van der Waals surface area contributed by atoms with Crippen molar-refractivity contribution in [2.75, 3.05) is 0 Å². The first kappa shape index (κ1) is 39.8. The minimum Gasteiger partial charge on any atom is -0.309 e. The van der Waals surface area contributed by atoms with E-state index in [4.69, 9.17) is 0 Å². The van der Waals surface area contributed by atoms with Crippen LogP contribution in [0.1, 0.15) is 0 Å². The number of aromatic nitrogens is 1. The van der Waals surface area contributed by atoms with Crippen molar-refractivity contribution in [1.29, 1.82) is 0 Å². The fourth-order valence-corrected chi connectivity index (χ4v) is 16.5. The highest BCUT2D eigenvalue weighted by molar-refractivity contribution is 7.22. The second-order valence-corrected chi connectivity index (χ2v) is 21.7. The van der Waals surface area contributed by atoms with Crippen LogP contribution in [0.3, 0.4) is 0 Å². The van der Waals surface area contributed by atoms with Gasteiger partial charge in [0.05, 0.1) is 16.7 Å². The second kappa shape index (κ2) is 16.4. The third-order valence-corrected chi connectivity index (χ3v) is 19.2. The van der Waals surface area contributed by atoms with E-state index in [2.05, 4.69) is 278 Å². The summed E-state index contributed by atoms with van der Waals surface area (Å²) in [6.45, 7) is 0. The van der Waals surface area contributed by atoms with E-state index in [0.717, 1.165) is 5.69 Å². The Morgan fingerprint density at radius 3 is 1.12 bits per heavy atom. The third kappa shape index (κ3) is 6.30. The summed E-state index contributed by atoms with van der Waals surface area (Å²) >= 11 is 0. The molecular weight excluding hydrogens is 835 g/mol. The molecule has 318 valence electrons. The summed E-state index contributed by atoms with van der Waals surface area (Å²) in [4.78, 5) is 0. The third-order valence-electron chi connectivity index (χ3n) is 14.3. The molecule has 2 heteroatoms. The largest absolute Gasteiger partial charge is 0.309 e. The molecule has 12 aromatic rings. The predicted molar refractivity (Wildman–Crippen MR) is 291 cm³/mol. The first-order valence-electron chi connectivity index (χ1n) is 23.6. The Bertz CT molecular complexity index is 3650. The molecule has 0 saturated carbocycles. The van der Waals surface area contributed by atoms with Crippen molar-refractivity contribution in [3.8, 4) is 72.4 Å². The molecular formula is C66H45NSi. The van der Waals surface area contributed by atoms with Crippen LogP contribution < -0.4 is 20.7 Å². The van der Waals surface area contributed by atoms with Gasteiger partial charge >= 0.3 is 0 Å². The maximum Gasteiger partial charge on any atom is 0.180 e. The number of benzene rings is 11. The number of nitrogens with zero attached hydrogens (tertiary/aromatic N) is 1. The summed E-state index contributed by atoms with van der Waals surface area (Å²) in [5.41, 5.74) is 18.3. The van der Waals surface area contributed by atoms with Gasteiger partial charge in [0.1, 0.15) is 0 Å². The van der Waals surface area contributed by atoms with E-state index >= 15 is 0 Å². The molecule has 0 atom stereocenters. The Hall–Kier alpha value is -8.56. The number of fused-ring (bicyclic) bond motifs is 6. The van der Waals surface area contributed by atoms with Crippen molar-refractivity contribution in [2.45, 2.75) is 0 Å². The van der Waals surface area contributed by atoms with Crippen LogP contribution in [0.4, 0.5) is 0 Å². The summed E-state index contributed by atoms with van der Waals surface area (Å²) < 4.78 is 2.51. The van der Waals surface area contributed by atoms with Crippen molar-refractivity contribution >= 4 is 50.6 Å². The van der Waals surface area contributed by atoms with Crippen molar-refractivity contribution in [1.82, 2.24) is 4.57 Å². The van der Waals surface area contributed by atoms with E-state index in [1.807, 2.05) is 0 Å². The highest BCUT2D eigenvalue weighted by atomic mass is 28.3. The smallest absolute Gasteiger partial charge is 0.180 e. The summed E-state index contributed by atoms with van der Waals surface area (Å²) in [6, 6.07) is 101. The van der Waals surface area contributed by atoms with Gasteiger partial charge < -0.3 is 4.57 Å². The molecule has 2 heterocycles. The van der Waals surface area contributed by atoms with E-state index in [1.54, 1.807) is 0 Å². The predicted octanol–water partition coefficient (Wildman–Crippen LogP) is 14.5. The molecule has 0 bridgehead atoms. The molecule has 1 aliphatic heterocycles. The van der Waals surface area contributed by atoms with Gasteiger partial charge in [-0.25, -0.2) is 0 Å². The highest BCUT2D eigenvalue weighted by Gasteiger charge is 2.48. The lowest BCUT2D eigenvalue weighted by Gasteiger charge is -2.31. The molecule has 1 nitrogen and oxygen atoms in total. The average molecular weight is 880 g/mol. The molecule has 1 aliphatic rings. The molecule has 0 radical (unpaired) electrons. The first-order chi connectivity index (χ1) is 33.8. The van der Waals surface area contributed by atoms with Crippen molar-refractivity contribution in [3.63, 3.8) is 0 Å². The van der Waals surface area contributed by atoms with Crippen LogP contribution in [-0.2, 0) is 0 Å². The molecule has 11 aromatic carbocycles. The van der Waals surface area contributed by atoms with Crippen LogP contribution in [0.15, 0.2) is 273 Å². The van der Waals surface area contributed by atoms with Crippen molar-refractivity contribution in [3.05, 3.63) is 273 Å². The van der Waals surface area contributed by atoms with Gasteiger partial charge in [-0.15, -0.1) is 0 Å². The summed E-state index contributed by atoms with van der Waals surface area (Å²) in [7, 11) is -2.61. The lowest BCUT2D eigenvalue weighted by atomic mass is 9.92. The topological polar surface area (TPSA) is 4.93 Å². The molecule has 0 saturated heterocycles. The highest BCUT2D eigenvalue weighted by Crippen LogP contribution is 2.43.